The maximum atomic E-state index is 9.98. The molecule has 0 atom stereocenters. The number of fused-ring (bicyclic) bond motifs is 9. The summed E-state index contributed by atoms with van der Waals surface area (Å²) in [6.45, 7) is 27.5. The van der Waals surface area contributed by atoms with Gasteiger partial charge >= 0.3 is 0 Å². The Morgan fingerprint density at radius 2 is 0.651 bits per heavy atom. The van der Waals surface area contributed by atoms with Gasteiger partial charge in [0.2, 0.25) is 0 Å². The molecule has 1 aliphatic carbocycles. The average Bonchev–Trinajstić information content (AvgIpc) is 0.815. The van der Waals surface area contributed by atoms with Crippen molar-refractivity contribution < 1.29 is 11.0 Å². The van der Waals surface area contributed by atoms with Crippen molar-refractivity contribution in [2.45, 2.75) is 117 Å². The fraction of sp³-hybridized carbons (Fsp3) is 0.176. The molecule has 0 saturated heterocycles. The van der Waals surface area contributed by atoms with Crippen LogP contribution >= 0.6 is 0 Å². The van der Waals surface area contributed by atoms with Gasteiger partial charge in [0.05, 0.1) is 73.2 Å². The number of anilines is 9. The van der Waals surface area contributed by atoms with Crippen molar-refractivity contribution in [1.82, 2.24) is 4.57 Å². The zero-order valence-corrected chi connectivity index (χ0v) is 62.4. The van der Waals surface area contributed by atoms with Crippen LogP contribution in [0.25, 0.3) is 83.1 Å². The van der Waals surface area contributed by atoms with Crippen molar-refractivity contribution >= 4 is 73.0 Å². The maximum Gasteiger partial charge on any atom is 0.0948 e. The highest BCUT2D eigenvalue weighted by Gasteiger charge is 2.45. The molecule has 0 unspecified atom stereocenters. The molecule has 1 aromatic heterocycles. The Hall–Kier alpha value is -11.7. The van der Waals surface area contributed by atoms with E-state index in [2.05, 4.69) is 353 Å². The SMILES string of the molecule is [2H]c1c([2H])c([2H])c2c(c1[2H])c1c([2H])c([2H])c([2H])c([2H])c1n2-c1ccc2c(c1)N(c1c(-c3ccccc3)cc(C(C)(C)C)cc1-c1ccccc1)c1cc(C3c4ccccc4Cc4ccccc43)cc3c1N2c1cc(-c2cc(C(C)(C)C)cc(C(C)(C)C)c2)ccc1N3c1c(-c2ccccc2)cc(C(C)(C)C)cc1-c1ccccc1. The number of para-hydroxylation sites is 2. The van der Waals surface area contributed by atoms with E-state index in [1.807, 2.05) is 6.07 Å². The maximum absolute atomic E-state index is 9.98. The number of nitrogens with zero attached hydrogens (tertiary/aromatic N) is 4. The first-order chi connectivity index (χ1) is 54.4. The first kappa shape index (κ1) is 57.7. The minimum absolute atomic E-state index is 0.00347. The van der Waals surface area contributed by atoms with Crippen molar-refractivity contribution in [2.75, 3.05) is 14.7 Å². The molecule has 0 saturated carbocycles. The first-order valence-electron chi connectivity index (χ1n) is 41.2. The molecular formula is C102H90N4. The lowest BCUT2D eigenvalue weighted by Crippen LogP contribution is -2.32. The highest BCUT2D eigenvalue weighted by atomic mass is 15.3. The van der Waals surface area contributed by atoms with Crippen LogP contribution in [0.15, 0.2) is 309 Å². The minimum Gasteiger partial charge on any atom is -0.309 e. The number of benzene rings is 14. The summed E-state index contributed by atoms with van der Waals surface area (Å²) in [7, 11) is 0. The molecule has 0 fully saturated rings. The second kappa shape index (κ2) is 25.0. The lowest BCUT2D eigenvalue weighted by Gasteiger charge is -2.49. The third-order valence-electron chi connectivity index (χ3n) is 22.2. The van der Waals surface area contributed by atoms with Crippen LogP contribution < -0.4 is 14.7 Å². The van der Waals surface area contributed by atoms with E-state index in [1.54, 1.807) is 4.57 Å². The molecule has 518 valence electrons. The Labute approximate surface area is 637 Å². The standard InChI is InChI=1S/C102H90N4/c1-99(2,3)74-54-72(55-75(59-74)100(4,5)6)69-49-51-89-91(56-69)104-90-52-50-78(103-87-47-31-29-45-81(87)82-46-30-32-48-88(82)103)64-92(90)106(97-85(67-37-21-15-22-38-67)62-77(102(10,11)12)63-86(97)68-39-23-16-24-40-68)94-58-73(95-79-43-27-25-41-70(79)53-71-42-26-28-44-80(71)95)57-93(98(94)104)105(89)96-83(65-33-17-13-18-34-65)60-76(101(7,8)9)61-84(96)66-35-19-14-20-36-66/h13-52,54-64,95H,53H2,1-12H3/i29D,30D,31D,32D,45D,46D,47D,48D. The van der Waals surface area contributed by atoms with Crippen LogP contribution in [-0.4, -0.2) is 4.57 Å². The molecular weight excluding hydrogens is 1280 g/mol. The molecule has 4 heteroatoms. The summed E-state index contributed by atoms with van der Waals surface area (Å²) in [6.07, 6.45) is 0.762. The molecule has 18 rings (SSSR count). The molecule has 106 heavy (non-hydrogen) atoms. The van der Waals surface area contributed by atoms with Gasteiger partial charge in [-0.05, 0) is 190 Å². The molecule has 0 bridgehead atoms. The Morgan fingerprint density at radius 3 is 1.08 bits per heavy atom. The first-order valence-corrected chi connectivity index (χ1v) is 37.2. The van der Waals surface area contributed by atoms with Gasteiger partial charge in [0, 0.05) is 44.6 Å². The predicted octanol–water partition coefficient (Wildman–Crippen LogP) is 28.4. The molecule has 0 spiro atoms. The molecule has 15 aromatic rings. The Balaban J connectivity index is 1.09. The van der Waals surface area contributed by atoms with Crippen molar-refractivity contribution in [2.24, 2.45) is 0 Å². The van der Waals surface area contributed by atoms with Gasteiger partial charge in [-0.15, -0.1) is 0 Å². The van der Waals surface area contributed by atoms with E-state index < -0.39 is 36.3 Å². The quantitative estimate of drug-likeness (QED) is 0.143. The van der Waals surface area contributed by atoms with Crippen molar-refractivity contribution in [1.29, 1.82) is 0 Å². The zero-order chi connectivity index (χ0) is 79.7. The lowest BCUT2D eigenvalue weighted by atomic mass is 9.74. The molecule has 4 nitrogen and oxygen atoms in total. The van der Waals surface area contributed by atoms with Gasteiger partial charge in [0.1, 0.15) is 0 Å². The van der Waals surface area contributed by atoms with Gasteiger partial charge < -0.3 is 19.3 Å². The fourth-order valence-corrected chi connectivity index (χ4v) is 16.6. The highest BCUT2D eigenvalue weighted by molar-refractivity contribution is 6.18. The molecule has 0 radical (unpaired) electrons. The van der Waals surface area contributed by atoms with Crippen LogP contribution in [-0.2, 0) is 28.1 Å². The highest BCUT2D eigenvalue weighted by Crippen LogP contribution is 2.68. The van der Waals surface area contributed by atoms with Crippen LogP contribution in [0, 0.1) is 0 Å². The largest absolute Gasteiger partial charge is 0.309 e. The van der Waals surface area contributed by atoms with E-state index >= 15 is 0 Å². The van der Waals surface area contributed by atoms with Crippen molar-refractivity contribution in [3.63, 3.8) is 0 Å². The summed E-state index contributed by atoms with van der Waals surface area (Å²) in [5.74, 6) is -0.298. The van der Waals surface area contributed by atoms with Crippen LogP contribution in [0.4, 0.5) is 51.2 Å². The van der Waals surface area contributed by atoms with E-state index in [0.29, 0.717) is 11.4 Å². The minimum atomic E-state index is -0.503. The predicted molar refractivity (Wildman–Crippen MR) is 451 cm³/mol. The summed E-state index contributed by atoms with van der Waals surface area (Å²) in [6, 6.07) is 92.4. The smallest absolute Gasteiger partial charge is 0.0948 e. The normalized spacial score (nSPS) is 14.6. The topological polar surface area (TPSA) is 14.7 Å². The summed E-state index contributed by atoms with van der Waals surface area (Å²) in [5, 5.41) is 0.00695. The van der Waals surface area contributed by atoms with Gasteiger partial charge in [-0.2, -0.15) is 0 Å². The molecule has 0 amide bonds. The van der Waals surface area contributed by atoms with Crippen LogP contribution in [0.2, 0.25) is 0 Å². The van der Waals surface area contributed by atoms with Gasteiger partial charge in [-0.25, -0.2) is 0 Å². The fourth-order valence-electron chi connectivity index (χ4n) is 16.6. The Bertz CT molecular complexity index is 6200. The summed E-state index contributed by atoms with van der Waals surface area (Å²) in [5.41, 5.74) is 28.1. The second-order valence-corrected chi connectivity index (χ2v) is 33.2. The summed E-state index contributed by atoms with van der Waals surface area (Å²) < 4.78 is 78.1. The van der Waals surface area contributed by atoms with E-state index in [4.69, 9.17) is 0 Å². The van der Waals surface area contributed by atoms with Gasteiger partial charge in [0.15, 0.2) is 0 Å². The van der Waals surface area contributed by atoms with Crippen LogP contribution in [0.3, 0.4) is 0 Å². The van der Waals surface area contributed by atoms with E-state index in [1.165, 1.54) is 38.9 Å². The molecule has 3 aliphatic rings. The number of rotatable bonds is 9. The van der Waals surface area contributed by atoms with E-state index in [-0.39, 0.29) is 61.5 Å². The third-order valence-corrected chi connectivity index (χ3v) is 22.2. The van der Waals surface area contributed by atoms with Crippen molar-refractivity contribution in [3.8, 4) is 61.3 Å². The number of hydrogen-bond donors (Lipinski definition) is 0. The third kappa shape index (κ3) is 11.2. The van der Waals surface area contributed by atoms with Crippen LogP contribution in [0.1, 0.15) is 150 Å². The van der Waals surface area contributed by atoms with Gasteiger partial charge in [-0.1, -0.05) is 313 Å². The number of aromatic nitrogens is 1. The Morgan fingerprint density at radius 1 is 0.292 bits per heavy atom. The lowest BCUT2D eigenvalue weighted by molar-refractivity contribution is 0.569. The van der Waals surface area contributed by atoms with Gasteiger partial charge in [0.25, 0.3) is 0 Å². The van der Waals surface area contributed by atoms with Crippen molar-refractivity contribution in [3.05, 3.63) is 359 Å². The van der Waals surface area contributed by atoms with Crippen LogP contribution in [0.5, 0.6) is 0 Å². The Kier molecular flexibility index (Phi) is 13.6. The average molecular weight is 1380 g/mol. The monoisotopic (exact) mass is 1380 g/mol. The number of hydrogen-bond acceptors (Lipinski definition) is 3. The molecule has 2 aliphatic heterocycles. The van der Waals surface area contributed by atoms with E-state index in [9.17, 15) is 11.0 Å². The molecule has 14 aromatic carbocycles. The summed E-state index contributed by atoms with van der Waals surface area (Å²) >= 11 is 0. The van der Waals surface area contributed by atoms with E-state index in [0.717, 1.165) is 119 Å². The van der Waals surface area contributed by atoms with Gasteiger partial charge in [-0.3, -0.25) is 0 Å². The molecule has 3 heterocycles. The second-order valence-electron chi connectivity index (χ2n) is 33.2. The summed E-state index contributed by atoms with van der Waals surface area (Å²) in [4.78, 5) is 7.55. The molecule has 0 N–H and O–H groups in total. The zero-order valence-electron chi connectivity index (χ0n) is 70.4.